The van der Waals surface area contributed by atoms with Crippen LogP contribution in [0.25, 0.3) is 16.8 Å². The lowest BCUT2D eigenvalue weighted by Gasteiger charge is -2.22. The summed E-state index contributed by atoms with van der Waals surface area (Å²) in [5, 5.41) is 2.92. The number of ether oxygens (including phenoxy) is 1. The molecule has 0 N–H and O–H groups in total. The van der Waals surface area contributed by atoms with E-state index in [4.69, 9.17) is 9.73 Å². The molecule has 3 aromatic rings. The lowest BCUT2D eigenvalue weighted by molar-refractivity contribution is -0.123. The van der Waals surface area contributed by atoms with E-state index in [0.29, 0.717) is 11.5 Å². The molecule has 33 heavy (non-hydrogen) atoms. The van der Waals surface area contributed by atoms with Crippen molar-refractivity contribution in [3.8, 4) is 5.75 Å². The van der Waals surface area contributed by atoms with Gasteiger partial charge in [0.05, 0.1) is 17.2 Å². The molecule has 4 nitrogen and oxygen atoms in total. The summed E-state index contributed by atoms with van der Waals surface area (Å²) in [5.41, 5.74) is 2.98. The number of benzene rings is 3. The topological polar surface area (TPSA) is 41.9 Å². The molecule has 1 atom stereocenters. The average Bonchev–Trinajstić information content (AvgIpc) is 3.13. The molecule has 3 aromatic carbocycles. The highest BCUT2D eigenvalue weighted by molar-refractivity contribution is 8.18. The second-order valence-corrected chi connectivity index (χ2v) is 9.33. The number of nitrogens with zero attached hydrogens (tertiary/aromatic N) is 2. The van der Waals surface area contributed by atoms with Crippen molar-refractivity contribution in [2.45, 2.75) is 46.6 Å². The van der Waals surface area contributed by atoms with E-state index in [2.05, 4.69) is 45.9 Å². The van der Waals surface area contributed by atoms with Gasteiger partial charge in [0.25, 0.3) is 5.91 Å². The SMILES string of the molecule is CCCOc1ccc2ccccc2c1/C=C1/SC(=Nc2ccc(C)cc2)N([C@H](C)CC)C1=O. The molecular weight excluding hydrogens is 428 g/mol. The Balaban J connectivity index is 1.80. The Morgan fingerprint density at radius 2 is 1.82 bits per heavy atom. The van der Waals surface area contributed by atoms with Crippen molar-refractivity contribution in [1.29, 1.82) is 0 Å². The van der Waals surface area contributed by atoms with Gasteiger partial charge in [0.15, 0.2) is 5.17 Å². The van der Waals surface area contributed by atoms with E-state index in [1.807, 2.05) is 53.4 Å². The van der Waals surface area contributed by atoms with Gasteiger partial charge in [-0.25, -0.2) is 4.99 Å². The van der Waals surface area contributed by atoms with E-state index in [9.17, 15) is 4.79 Å². The van der Waals surface area contributed by atoms with E-state index in [0.717, 1.165) is 45.8 Å². The van der Waals surface area contributed by atoms with E-state index in [1.165, 1.54) is 17.3 Å². The molecule has 0 aromatic heterocycles. The van der Waals surface area contributed by atoms with Gasteiger partial charge < -0.3 is 4.74 Å². The normalized spacial score (nSPS) is 17.3. The molecule has 4 rings (SSSR count). The molecule has 0 unspecified atom stereocenters. The molecule has 1 heterocycles. The maximum Gasteiger partial charge on any atom is 0.267 e. The van der Waals surface area contributed by atoms with Crippen LogP contribution in [0.3, 0.4) is 0 Å². The Morgan fingerprint density at radius 1 is 1.06 bits per heavy atom. The molecule has 0 spiro atoms. The lowest BCUT2D eigenvalue weighted by atomic mass is 10.0. The van der Waals surface area contributed by atoms with Crippen LogP contribution in [0.4, 0.5) is 5.69 Å². The number of thioether (sulfide) groups is 1. The summed E-state index contributed by atoms with van der Waals surface area (Å²) < 4.78 is 6.06. The third-order valence-electron chi connectivity index (χ3n) is 5.80. The number of rotatable bonds is 7. The minimum absolute atomic E-state index is 0.00501. The number of aryl methyl sites for hydroxylation is 1. The zero-order valence-corrected chi connectivity index (χ0v) is 20.5. The molecule has 1 aliphatic rings. The molecular formula is C28H30N2O2S. The largest absolute Gasteiger partial charge is 0.493 e. The fraction of sp³-hybridized carbons (Fsp3) is 0.286. The molecule has 5 heteroatoms. The number of amides is 1. The third kappa shape index (κ3) is 4.98. The summed E-state index contributed by atoms with van der Waals surface area (Å²) in [7, 11) is 0. The Labute approximate surface area is 200 Å². The number of carbonyl (C=O) groups excluding carboxylic acids is 1. The predicted octanol–water partition coefficient (Wildman–Crippen LogP) is 7.34. The Bertz CT molecular complexity index is 1210. The van der Waals surface area contributed by atoms with E-state index in [-0.39, 0.29) is 11.9 Å². The highest BCUT2D eigenvalue weighted by Gasteiger charge is 2.36. The molecule has 1 amide bonds. The average molecular weight is 459 g/mol. The van der Waals surface area contributed by atoms with Crippen molar-refractivity contribution in [2.24, 2.45) is 4.99 Å². The van der Waals surface area contributed by atoms with Gasteiger partial charge in [-0.05, 0) is 73.5 Å². The Morgan fingerprint density at radius 3 is 2.55 bits per heavy atom. The predicted molar refractivity (Wildman–Crippen MR) is 140 cm³/mol. The van der Waals surface area contributed by atoms with Crippen LogP contribution in [-0.2, 0) is 4.79 Å². The monoisotopic (exact) mass is 458 g/mol. The van der Waals surface area contributed by atoms with Crippen LogP contribution in [0, 0.1) is 6.92 Å². The van der Waals surface area contributed by atoms with Crippen LogP contribution in [0.15, 0.2) is 70.6 Å². The maximum absolute atomic E-state index is 13.5. The van der Waals surface area contributed by atoms with Gasteiger partial charge in [0.2, 0.25) is 0 Å². The summed E-state index contributed by atoms with van der Waals surface area (Å²) in [4.78, 5) is 20.9. The van der Waals surface area contributed by atoms with Crippen molar-refractivity contribution >= 4 is 45.4 Å². The second-order valence-electron chi connectivity index (χ2n) is 8.32. The van der Waals surface area contributed by atoms with E-state index < -0.39 is 0 Å². The molecule has 0 bridgehead atoms. The Hall–Kier alpha value is -3.05. The van der Waals surface area contributed by atoms with Crippen LogP contribution in [0.5, 0.6) is 5.75 Å². The second kappa shape index (κ2) is 10.3. The smallest absolute Gasteiger partial charge is 0.267 e. The number of carbonyl (C=O) groups is 1. The van der Waals surface area contributed by atoms with Gasteiger partial charge in [-0.2, -0.15) is 0 Å². The summed E-state index contributed by atoms with van der Waals surface area (Å²) in [6.07, 6.45) is 3.75. The van der Waals surface area contributed by atoms with Gasteiger partial charge >= 0.3 is 0 Å². The highest BCUT2D eigenvalue weighted by atomic mass is 32.2. The Kier molecular flexibility index (Phi) is 7.19. The zero-order valence-electron chi connectivity index (χ0n) is 19.7. The van der Waals surface area contributed by atoms with E-state index >= 15 is 0 Å². The maximum atomic E-state index is 13.5. The first-order valence-electron chi connectivity index (χ1n) is 11.5. The summed E-state index contributed by atoms with van der Waals surface area (Å²) in [5.74, 6) is 0.796. The summed E-state index contributed by atoms with van der Waals surface area (Å²) in [6, 6.07) is 20.4. The number of hydrogen-bond donors (Lipinski definition) is 0. The lowest BCUT2D eigenvalue weighted by Crippen LogP contribution is -2.36. The quantitative estimate of drug-likeness (QED) is 0.348. The van der Waals surface area contributed by atoms with Gasteiger partial charge in [0.1, 0.15) is 5.75 Å². The number of fused-ring (bicyclic) bond motifs is 1. The standard InChI is InChI=1S/C28H30N2O2S/c1-5-17-32-25-16-13-21-9-7-8-10-23(21)24(25)18-26-27(31)30(20(4)6-2)28(33-26)29-22-14-11-19(3)12-15-22/h7-16,18,20H,5-6,17H2,1-4H3/b26-18+,29-28?/t20-/m1/s1. The van der Waals surface area contributed by atoms with Crippen molar-refractivity contribution in [3.63, 3.8) is 0 Å². The number of hydrogen-bond acceptors (Lipinski definition) is 4. The van der Waals surface area contributed by atoms with E-state index in [1.54, 1.807) is 0 Å². The first-order chi connectivity index (χ1) is 16.0. The van der Waals surface area contributed by atoms with Crippen LogP contribution in [0.2, 0.25) is 0 Å². The minimum Gasteiger partial charge on any atom is -0.493 e. The molecule has 0 radical (unpaired) electrons. The molecule has 1 saturated heterocycles. The molecule has 1 aliphatic heterocycles. The van der Waals surface area contributed by atoms with Crippen molar-refractivity contribution in [3.05, 3.63) is 76.7 Å². The fourth-order valence-corrected chi connectivity index (χ4v) is 4.83. The fourth-order valence-electron chi connectivity index (χ4n) is 3.76. The molecule has 0 aliphatic carbocycles. The highest BCUT2D eigenvalue weighted by Crippen LogP contribution is 2.39. The van der Waals surface area contributed by atoms with Gasteiger partial charge in [0, 0.05) is 11.6 Å². The molecule has 1 fully saturated rings. The zero-order chi connectivity index (χ0) is 23.4. The number of aliphatic imine (C=N–C) groups is 1. The summed E-state index contributed by atoms with van der Waals surface area (Å²) in [6.45, 7) is 8.94. The minimum atomic E-state index is -0.00501. The van der Waals surface area contributed by atoms with Gasteiger partial charge in [-0.15, -0.1) is 0 Å². The summed E-state index contributed by atoms with van der Waals surface area (Å²) >= 11 is 1.44. The van der Waals surface area contributed by atoms with Crippen LogP contribution < -0.4 is 4.74 Å². The van der Waals surface area contributed by atoms with Crippen molar-refractivity contribution in [1.82, 2.24) is 4.90 Å². The van der Waals surface area contributed by atoms with Crippen molar-refractivity contribution < 1.29 is 9.53 Å². The third-order valence-corrected chi connectivity index (χ3v) is 6.78. The molecule has 170 valence electrons. The van der Waals surface area contributed by atoms with Gasteiger partial charge in [-0.1, -0.05) is 61.9 Å². The molecule has 0 saturated carbocycles. The van der Waals surface area contributed by atoms with Gasteiger partial charge in [-0.3, -0.25) is 9.69 Å². The van der Waals surface area contributed by atoms with Crippen LogP contribution in [-0.4, -0.2) is 28.6 Å². The number of amidine groups is 1. The van der Waals surface area contributed by atoms with Crippen molar-refractivity contribution in [2.75, 3.05) is 6.61 Å². The van der Waals surface area contributed by atoms with Crippen LogP contribution in [0.1, 0.15) is 44.7 Å². The van der Waals surface area contributed by atoms with Crippen LogP contribution >= 0.6 is 11.8 Å². The first-order valence-corrected chi connectivity index (χ1v) is 12.4. The first kappa shape index (κ1) is 23.1.